The molecule has 2 saturated heterocycles. The lowest BCUT2D eigenvalue weighted by atomic mass is 10.2. The second-order valence-electron chi connectivity index (χ2n) is 7.09. The van der Waals surface area contributed by atoms with Crippen LogP contribution in [0, 0.1) is 5.82 Å². The van der Waals surface area contributed by atoms with E-state index in [4.69, 9.17) is 16.3 Å². The zero-order valence-electron chi connectivity index (χ0n) is 16.2. The summed E-state index contributed by atoms with van der Waals surface area (Å²) in [6, 6.07) is 4.77. The first-order chi connectivity index (χ1) is 13.4. The van der Waals surface area contributed by atoms with E-state index in [2.05, 4.69) is 4.90 Å². The van der Waals surface area contributed by atoms with Gasteiger partial charge in [-0.1, -0.05) is 0 Å². The largest absolute Gasteiger partial charge is 0.423 e. The lowest BCUT2D eigenvalue weighted by Gasteiger charge is -2.36. The van der Waals surface area contributed by atoms with Crippen LogP contribution in [-0.2, 0) is 9.53 Å². The molecular formula is C19H26ClFN4O3. The van der Waals surface area contributed by atoms with Crippen molar-refractivity contribution in [2.45, 2.75) is 19.6 Å². The maximum atomic E-state index is 14.8. The third kappa shape index (κ3) is 4.50. The number of carbonyl (C=O) groups excluding carboxylic acids is 2. The van der Waals surface area contributed by atoms with Gasteiger partial charge in [0.1, 0.15) is 5.82 Å². The van der Waals surface area contributed by atoms with Crippen molar-refractivity contribution in [3.63, 3.8) is 0 Å². The van der Waals surface area contributed by atoms with E-state index in [0.717, 1.165) is 39.1 Å². The van der Waals surface area contributed by atoms with E-state index in [9.17, 15) is 14.0 Å². The number of cyclic esters (lactones) is 1. The van der Waals surface area contributed by atoms with Gasteiger partial charge in [0.2, 0.25) is 5.91 Å². The molecule has 2 aliphatic heterocycles. The van der Waals surface area contributed by atoms with Gasteiger partial charge >= 0.3 is 6.09 Å². The number of benzene rings is 1. The number of nitrogens with zero attached hydrogens (tertiary/aromatic N) is 4. The minimum Gasteiger partial charge on any atom is -0.423 e. The zero-order chi connectivity index (χ0) is 20.3. The third-order valence-electron chi connectivity index (χ3n) is 5.29. The average molecular weight is 413 g/mol. The highest BCUT2D eigenvalue weighted by molar-refractivity contribution is 6.17. The van der Waals surface area contributed by atoms with Gasteiger partial charge in [0.15, 0.2) is 6.23 Å². The number of halogens is 2. The molecule has 7 nitrogen and oxygen atoms in total. The summed E-state index contributed by atoms with van der Waals surface area (Å²) in [7, 11) is 1.57. The number of hydrogen-bond acceptors (Lipinski definition) is 5. The summed E-state index contributed by atoms with van der Waals surface area (Å²) < 4.78 is 20.0. The molecule has 1 aromatic carbocycles. The van der Waals surface area contributed by atoms with Crippen molar-refractivity contribution in [2.75, 3.05) is 62.0 Å². The first-order valence-electron chi connectivity index (χ1n) is 9.45. The molecule has 0 aliphatic carbocycles. The Morgan fingerprint density at radius 3 is 2.64 bits per heavy atom. The van der Waals surface area contributed by atoms with Gasteiger partial charge < -0.3 is 14.5 Å². The summed E-state index contributed by atoms with van der Waals surface area (Å²) in [4.78, 5) is 30.7. The fraction of sp³-hybridized carbons (Fsp3) is 0.579. The highest BCUT2D eigenvalue weighted by Gasteiger charge is 2.36. The topological polar surface area (TPSA) is 56.3 Å². The Morgan fingerprint density at radius 2 is 2.04 bits per heavy atom. The number of ether oxygens (including phenoxy) is 1. The molecule has 0 bridgehead atoms. The van der Waals surface area contributed by atoms with Crippen molar-refractivity contribution in [3.05, 3.63) is 24.0 Å². The summed E-state index contributed by atoms with van der Waals surface area (Å²) >= 11 is 5.74. The lowest BCUT2D eigenvalue weighted by Crippen LogP contribution is -2.47. The minimum atomic E-state index is -0.672. The van der Waals surface area contributed by atoms with Gasteiger partial charge in [-0.05, 0) is 31.2 Å². The number of alkyl halides is 1. The van der Waals surface area contributed by atoms with E-state index in [1.165, 1.54) is 22.8 Å². The SMILES string of the molecule is CC(=O)N(C)[C@@H]1CN(c2ccc(N3CCN(CCCCl)CC3)c(F)c2)C(=O)O1. The number of likely N-dealkylation sites (N-methyl/N-ethyl adjacent to an activating group) is 1. The molecule has 9 heteroatoms. The molecule has 28 heavy (non-hydrogen) atoms. The Morgan fingerprint density at radius 1 is 1.32 bits per heavy atom. The van der Waals surface area contributed by atoms with Crippen LogP contribution in [0.3, 0.4) is 0 Å². The predicted molar refractivity (Wildman–Crippen MR) is 106 cm³/mol. The Hall–Kier alpha value is -2.06. The van der Waals surface area contributed by atoms with Crippen molar-refractivity contribution >= 4 is 35.0 Å². The van der Waals surface area contributed by atoms with Crippen LogP contribution in [0.15, 0.2) is 18.2 Å². The first kappa shape index (κ1) is 20.7. The van der Waals surface area contributed by atoms with Gasteiger partial charge in [-0.25, -0.2) is 9.18 Å². The van der Waals surface area contributed by atoms with Gasteiger partial charge in [0.25, 0.3) is 0 Å². The molecule has 2 heterocycles. The van der Waals surface area contributed by atoms with Gasteiger partial charge in [0, 0.05) is 46.0 Å². The smallest absolute Gasteiger partial charge is 0.416 e. The third-order valence-corrected chi connectivity index (χ3v) is 5.56. The van der Waals surface area contributed by atoms with Crippen LogP contribution in [0.4, 0.5) is 20.6 Å². The van der Waals surface area contributed by atoms with E-state index < -0.39 is 12.3 Å². The molecule has 0 unspecified atom stereocenters. The quantitative estimate of drug-likeness (QED) is 0.671. The summed E-state index contributed by atoms with van der Waals surface area (Å²) in [5, 5.41) is 0. The van der Waals surface area contributed by atoms with Crippen LogP contribution in [0.5, 0.6) is 0 Å². The van der Waals surface area contributed by atoms with E-state index in [-0.39, 0.29) is 18.3 Å². The van der Waals surface area contributed by atoms with Crippen LogP contribution < -0.4 is 9.80 Å². The van der Waals surface area contributed by atoms with Crippen molar-refractivity contribution in [2.24, 2.45) is 0 Å². The van der Waals surface area contributed by atoms with Gasteiger partial charge in [-0.3, -0.25) is 14.6 Å². The van der Waals surface area contributed by atoms with Crippen LogP contribution in [0.1, 0.15) is 13.3 Å². The fourth-order valence-corrected chi connectivity index (χ4v) is 3.60. The van der Waals surface area contributed by atoms with E-state index in [0.29, 0.717) is 17.3 Å². The molecule has 0 N–H and O–H groups in total. The van der Waals surface area contributed by atoms with Crippen molar-refractivity contribution in [1.82, 2.24) is 9.80 Å². The summed E-state index contributed by atoms with van der Waals surface area (Å²) in [5.74, 6) is 0.0763. The number of piperazine rings is 1. The molecule has 3 rings (SSSR count). The van der Waals surface area contributed by atoms with E-state index in [1.54, 1.807) is 19.2 Å². The zero-order valence-corrected chi connectivity index (χ0v) is 17.0. The highest BCUT2D eigenvalue weighted by atomic mass is 35.5. The lowest BCUT2D eigenvalue weighted by molar-refractivity contribution is -0.134. The number of anilines is 2. The molecule has 0 spiro atoms. The van der Waals surface area contributed by atoms with Crippen LogP contribution >= 0.6 is 11.6 Å². The normalized spacial score (nSPS) is 20.4. The van der Waals surface area contributed by atoms with Gasteiger partial charge in [0.05, 0.1) is 17.9 Å². The maximum absolute atomic E-state index is 14.8. The second kappa shape index (κ2) is 8.96. The Balaban J connectivity index is 1.65. The molecular weight excluding hydrogens is 387 g/mol. The maximum Gasteiger partial charge on any atom is 0.416 e. The minimum absolute atomic E-state index is 0.174. The monoisotopic (exact) mass is 412 g/mol. The van der Waals surface area contributed by atoms with Crippen molar-refractivity contribution in [3.8, 4) is 0 Å². The average Bonchev–Trinajstić information content (AvgIpc) is 3.07. The van der Waals surface area contributed by atoms with Crippen molar-refractivity contribution in [1.29, 1.82) is 0 Å². The summed E-state index contributed by atoms with van der Waals surface area (Å²) in [6.07, 6.45) is -0.303. The Kier molecular flexibility index (Phi) is 6.61. The van der Waals surface area contributed by atoms with Gasteiger partial charge in [-0.15, -0.1) is 11.6 Å². The first-order valence-corrected chi connectivity index (χ1v) is 9.98. The van der Waals surface area contributed by atoms with Gasteiger partial charge in [-0.2, -0.15) is 0 Å². The highest BCUT2D eigenvalue weighted by Crippen LogP contribution is 2.29. The number of amides is 2. The summed E-state index contributed by atoms with van der Waals surface area (Å²) in [6.45, 7) is 5.77. The van der Waals surface area contributed by atoms with Crippen LogP contribution in [0.25, 0.3) is 0 Å². The molecule has 2 amide bonds. The molecule has 2 fully saturated rings. The molecule has 0 radical (unpaired) electrons. The number of rotatable bonds is 6. The van der Waals surface area contributed by atoms with E-state index >= 15 is 0 Å². The fourth-order valence-electron chi connectivity index (χ4n) is 3.48. The van der Waals surface area contributed by atoms with E-state index in [1.807, 2.05) is 4.90 Å². The molecule has 1 aromatic rings. The standard InChI is InChI=1S/C19H26ClFN4O3/c1-14(26)22(2)18-13-25(19(27)28-18)15-4-5-17(16(21)12-15)24-10-8-23(9-11-24)7-3-6-20/h4-5,12,18H,3,6-11,13H2,1-2H3/t18-/m0/s1. The molecule has 2 aliphatic rings. The van der Waals surface area contributed by atoms with Crippen LogP contribution in [0.2, 0.25) is 0 Å². The Bertz CT molecular complexity index is 727. The van der Waals surface area contributed by atoms with Crippen LogP contribution in [-0.4, -0.2) is 80.2 Å². The predicted octanol–water partition coefficient (Wildman–Crippen LogP) is 2.34. The Labute approximate surface area is 169 Å². The van der Waals surface area contributed by atoms with Crippen molar-refractivity contribution < 1.29 is 18.7 Å². The molecule has 1 atom stereocenters. The summed E-state index contributed by atoms with van der Waals surface area (Å²) in [5.41, 5.74) is 0.956. The molecule has 154 valence electrons. The number of carbonyl (C=O) groups is 2. The second-order valence-corrected chi connectivity index (χ2v) is 7.46. The number of hydrogen-bond donors (Lipinski definition) is 0. The molecule has 0 saturated carbocycles. The molecule has 0 aromatic heterocycles.